The standard InChI is InChI=1S/C45H55N5O8S/c1-4-31-25-45(31,42(53)49-59(55,56)33-18-19-33)48-40(51)37-23-32-26-50(37)41(52)39(30-15-9-6-10-16-30)47-43(54)57-27-44(2,3)21-11-12-28-17-20-35-34(22-28)38(58-32)24-36(46-35)29-13-7-5-8-14-29/h4-5,7-8,13-14,17,20,22,24,30-33,37,39H,1,6,9-12,15-16,18-19,21,23,25-27H2,2-3H3,(H,47,54)(H,48,51)(H,49,53)/t31-,32-,37+,39+,45-/m1/s1. The van der Waals surface area contributed by atoms with E-state index in [1.165, 1.54) is 11.0 Å². The maximum atomic E-state index is 15.0. The maximum Gasteiger partial charge on any atom is 0.407 e. The molecule has 8 rings (SSSR count). The van der Waals surface area contributed by atoms with Crippen molar-refractivity contribution in [3.05, 3.63) is 72.8 Å². The van der Waals surface area contributed by atoms with Crippen LogP contribution in [0.1, 0.15) is 90.0 Å². The van der Waals surface area contributed by atoms with Crippen LogP contribution in [0.3, 0.4) is 0 Å². The Bertz CT molecular complexity index is 2240. The van der Waals surface area contributed by atoms with Gasteiger partial charge in [-0.05, 0) is 80.4 Å². The molecule has 3 aromatic rings. The van der Waals surface area contributed by atoms with Crippen LogP contribution in [0.15, 0.2) is 67.3 Å². The second kappa shape index (κ2) is 16.2. The Morgan fingerprint density at radius 2 is 1.76 bits per heavy atom. The summed E-state index contributed by atoms with van der Waals surface area (Å²) in [5.41, 5.74) is 1.58. The number of hydrogen-bond donors (Lipinski definition) is 3. The largest absolute Gasteiger partial charge is 0.488 e. The lowest BCUT2D eigenvalue weighted by molar-refractivity contribution is -0.142. The minimum absolute atomic E-state index is 0.0220. The number of hydrogen-bond acceptors (Lipinski definition) is 9. The molecule has 1 aromatic heterocycles. The predicted molar refractivity (Wildman–Crippen MR) is 223 cm³/mol. The van der Waals surface area contributed by atoms with Crippen LogP contribution in [0, 0.1) is 17.3 Å². The first-order valence-electron chi connectivity index (χ1n) is 21.2. The summed E-state index contributed by atoms with van der Waals surface area (Å²) in [4.78, 5) is 63.3. The van der Waals surface area contributed by atoms with E-state index in [1.807, 2.05) is 42.5 Å². The number of ether oxygens (including phenoxy) is 2. The number of aromatic nitrogens is 1. The zero-order chi connectivity index (χ0) is 41.5. The van der Waals surface area contributed by atoms with E-state index in [0.717, 1.165) is 73.4 Å². The van der Waals surface area contributed by atoms with E-state index in [0.29, 0.717) is 24.3 Å². The number of alkyl carbamates (subject to hydrolysis) is 1. The number of carbonyl (C=O) groups excluding carboxylic acids is 4. The molecule has 3 heterocycles. The molecule has 5 aliphatic rings. The van der Waals surface area contributed by atoms with Crippen LogP contribution in [-0.4, -0.2) is 84.2 Å². The summed E-state index contributed by atoms with van der Waals surface area (Å²) >= 11 is 0. The Hall–Kier alpha value is -4.98. The SMILES string of the molecule is C=C[C@@H]1C[C@]1(NC(=O)[C@@H]1C[C@@H]2CN1C(=O)[C@H](C1CCCCC1)NC(=O)OCC(C)(C)CCCc1ccc3nc(-c4ccccc4)cc(c3c1)O2)C(=O)NS(=O)(=O)C1CC1. The van der Waals surface area contributed by atoms with Crippen molar-refractivity contribution >= 4 is 44.7 Å². The van der Waals surface area contributed by atoms with Crippen LogP contribution in [0.5, 0.6) is 5.75 Å². The number of fused-ring (bicyclic) bond motifs is 3. The fourth-order valence-electron chi connectivity index (χ4n) is 9.13. The molecule has 314 valence electrons. The molecular weight excluding hydrogens is 771 g/mol. The molecule has 5 atom stereocenters. The number of nitrogens with zero attached hydrogens (tertiary/aromatic N) is 2. The number of benzene rings is 2. The molecule has 3 saturated carbocycles. The molecule has 2 aliphatic heterocycles. The molecule has 14 heteroatoms. The van der Waals surface area contributed by atoms with Crippen LogP contribution in [0.4, 0.5) is 4.79 Å². The lowest BCUT2D eigenvalue weighted by atomic mass is 9.83. The Labute approximate surface area is 346 Å². The van der Waals surface area contributed by atoms with Gasteiger partial charge in [0.1, 0.15) is 29.5 Å². The van der Waals surface area contributed by atoms with Crippen molar-refractivity contribution in [1.29, 1.82) is 0 Å². The Kier molecular flexibility index (Phi) is 11.2. The Balaban J connectivity index is 1.17. The van der Waals surface area contributed by atoms with Crippen LogP contribution in [0.25, 0.3) is 22.2 Å². The van der Waals surface area contributed by atoms with Gasteiger partial charge in [-0.15, -0.1) is 6.58 Å². The van der Waals surface area contributed by atoms with Gasteiger partial charge in [0.15, 0.2) is 0 Å². The third-order valence-electron chi connectivity index (χ3n) is 12.9. The summed E-state index contributed by atoms with van der Waals surface area (Å²) < 4.78 is 40.6. The quantitative estimate of drug-likeness (QED) is 0.232. The molecule has 4 fully saturated rings. The van der Waals surface area contributed by atoms with Gasteiger partial charge in [-0.3, -0.25) is 19.1 Å². The number of sulfonamides is 1. The summed E-state index contributed by atoms with van der Waals surface area (Å²) in [6.07, 6.45) is 8.07. The molecule has 13 nitrogen and oxygen atoms in total. The van der Waals surface area contributed by atoms with Gasteiger partial charge in [0.25, 0.3) is 5.91 Å². The highest BCUT2D eigenvalue weighted by Gasteiger charge is 2.62. The first kappa shape index (κ1) is 40.8. The molecule has 4 bridgehead atoms. The third kappa shape index (κ3) is 8.83. The molecule has 59 heavy (non-hydrogen) atoms. The minimum atomic E-state index is -3.90. The average molecular weight is 826 g/mol. The summed E-state index contributed by atoms with van der Waals surface area (Å²) in [5.74, 6) is -1.99. The van der Waals surface area contributed by atoms with Crippen molar-refractivity contribution in [3.8, 4) is 17.0 Å². The highest BCUT2D eigenvalue weighted by Crippen LogP contribution is 2.46. The second-order valence-electron chi connectivity index (χ2n) is 18.0. The first-order chi connectivity index (χ1) is 28.2. The van der Waals surface area contributed by atoms with E-state index in [1.54, 1.807) is 0 Å². The predicted octanol–water partition coefficient (Wildman–Crippen LogP) is 5.96. The van der Waals surface area contributed by atoms with Crippen molar-refractivity contribution in [1.82, 2.24) is 25.2 Å². The lowest BCUT2D eigenvalue weighted by Gasteiger charge is -2.35. The topological polar surface area (TPSA) is 173 Å². The number of nitrogens with one attached hydrogen (secondary N) is 3. The van der Waals surface area contributed by atoms with E-state index in [-0.39, 0.29) is 37.3 Å². The first-order valence-corrected chi connectivity index (χ1v) is 22.7. The van der Waals surface area contributed by atoms with Gasteiger partial charge in [-0.1, -0.05) is 75.6 Å². The minimum Gasteiger partial charge on any atom is -0.488 e. The number of carbonyl (C=O) groups is 4. The maximum absolute atomic E-state index is 15.0. The van der Waals surface area contributed by atoms with E-state index < -0.39 is 68.7 Å². The zero-order valence-electron chi connectivity index (χ0n) is 33.9. The van der Waals surface area contributed by atoms with Gasteiger partial charge in [-0.2, -0.15) is 0 Å². The van der Waals surface area contributed by atoms with E-state index in [4.69, 9.17) is 14.5 Å². The lowest BCUT2D eigenvalue weighted by Crippen LogP contribution is -2.59. The summed E-state index contributed by atoms with van der Waals surface area (Å²) in [6.45, 7) is 8.13. The summed E-state index contributed by atoms with van der Waals surface area (Å²) in [7, 11) is -3.90. The van der Waals surface area contributed by atoms with Gasteiger partial charge < -0.3 is 25.0 Å². The van der Waals surface area contributed by atoms with Crippen LogP contribution in [0.2, 0.25) is 0 Å². The van der Waals surface area contributed by atoms with Crippen molar-refractivity contribution < 1.29 is 37.1 Å². The van der Waals surface area contributed by atoms with Crippen LogP contribution < -0.4 is 20.1 Å². The molecule has 3 N–H and O–H groups in total. The fourth-order valence-corrected chi connectivity index (χ4v) is 10.5. The zero-order valence-corrected chi connectivity index (χ0v) is 34.7. The monoisotopic (exact) mass is 825 g/mol. The number of cyclic esters (lactones) is 1. The summed E-state index contributed by atoms with van der Waals surface area (Å²) in [6, 6.07) is 15.8. The van der Waals surface area contributed by atoms with Crippen LogP contribution >= 0.6 is 0 Å². The Morgan fingerprint density at radius 3 is 2.47 bits per heavy atom. The van der Waals surface area contributed by atoms with Gasteiger partial charge >= 0.3 is 6.09 Å². The van der Waals surface area contributed by atoms with Gasteiger partial charge in [0.05, 0.1) is 29.6 Å². The second-order valence-corrected chi connectivity index (χ2v) is 20.0. The van der Waals surface area contributed by atoms with E-state index in [2.05, 4.69) is 47.9 Å². The van der Waals surface area contributed by atoms with Crippen molar-refractivity contribution in [2.75, 3.05) is 13.2 Å². The molecular formula is C45H55N5O8S. The highest BCUT2D eigenvalue weighted by molar-refractivity contribution is 7.91. The average Bonchev–Trinajstić information content (AvgIpc) is 4.16. The van der Waals surface area contributed by atoms with Gasteiger partial charge in [-0.25, -0.2) is 18.2 Å². The molecule has 3 aliphatic carbocycles. The smallest absolute Gasteiger partial charge is 0.407 e. The number of rotatable bonds is 8. The van der Waals surface area contributed by atoms with Crippen molar-refractivity contribution in [2.45, 2.75) is 120 Å². The van der Waals surface area contributed by atoms with Crippen molar-refractivity contribution in [2.24, 2.45) is 17.3 Å². The number of pyridine rings is 1. The number of aryl methyl sites for hydroxylation is 1. The Morgan fingerprint density at radius 1 is 1.00 bits per heavy atom. The number of amides is 4. The van der Waals surface area contributed by atoms with Gasteiger partial charge in [0, 0.05) is 29.4 Å². The molecule has 0 spiro atoms. The third-order valence-corrected chi connectivity index (χ3v) is 14.7. The normalized spacial score (nSPS) is 27.7. The molecule has 0 unspecified atom stereocenters. The highest BCUT2D eigenvalue weighted by atomic mass is 32.2. The molecule has 2 aromatic carbocycles. The van der Waals surface area contributed by atoms with E-state index in [9.17, 15) is 27.6 Å². The summed E-state index contributed by atoms with van der Waals surface area (Å²) in [5, 5.41) is 5.98. The molecule has 4 amide bonds. The van der Waals surface area contributed by atoms with Crippen molar-refractivity contribution in [3.63, 3.8) is 0 Å². The van der Waals surface area contributed by atoms with Crippen LogP contribution in [-0.2, 0) is 35.6 Å². The molecule has 0 radical (unpaired) electrons. The van der Waals surface area contributed by atoms with Gasteiger partial charge in [0.2, 0.25) is 21.8 Å². The fraction of sp³-hybridized carbons (Fsp3) is 0.533. The van der Waals surface area contributed by atoms with E-state index >= 15 is 0 Å². The molecule has 1 saturated heterocycles.